The maximum Gasteiger partial charge on any atom is 0.224 e. The molecule has 0 bridgehead atoms. The summed E-state index contributed by atoms with van der Waals surface area (Å²) in [5.74, 6) is -1.18. The summed E-state index contributed by atoms with van der Waals surface area (Å²) in [5, 5.41) is 16.2. The average Bonchev–Trinajstić information content (AvgIpc) is 2.54. The molecule has 1 amide bonds. The van der Waals surface area contributed by atoms with E-state index in [1.54, 1.807) is 0 Å². The smallest absolute Gasteiger partial charge is 0.224 e. The van der Waals surface area contributed by atoms with Crippen molar-refractivity contribution in [1.82, 2.24) is 0 Å². The monoisotopic (exact) mass is 324 g/mol. The Balaban J connectivity index is 1.71. The largest absolute Gasteiger partial charge is 0.550 e. The number of anilines is 1. The second-order valence-corrected chi connectivity index (χ2v) is 6.90. The number of hydrogen-bond donors (Lipinski definition) is 1. The zero-order valence-corrected chi connectivity index (χ0v) is 13.7. The summed E-state index contributed by atoms with van der Waals surface area (Å²) in [6, 6.07) is 13.8. The molecule has 1 aliphatic rings. The van der Waals surface area contributed by atoms with E-state index in [0.717, 1.165) is 48.6 Å². The van der Waals surface area contributed by atoms with Crippen LogP contribution in [0, 0.1) is 5.41 Å². The van der Waals surface area contributed by atoms with Gasteiger partial charge in [-0.3, -0.25) is 4.79 Å². The number of aliphatic carboxylic acids is 1. The average molecular weight is 324 g/mol. The van der Waals surface area contributed by atoms with Gasteiger partial charge >= 0.3 is 0 Å². The van der Waals surface area contributed by atoms with Crippen molar-refractivity contribution < 1.29 is 14.7 Å². The summed E-state index contributed by atoms with van der Waals surface area (Å²) >= 11 is 0. The Bertz CT molecular complexity index is 747. The molecule has 3 rings (SSSR count). The summed E-state index contributed by atoms with van der Waals surface area (Å²) in [7, 11) is 0. The molecule has 1 aliphatic carbocycles. The number of carboxylic acids is 1. The minimum Gasteiger partial charge on any atom is -0.550 e. The summed E-state index contributed by atoms with van der Waals surface area (Å²) in [5.41, 5.74) is 0.302. The molecule has 0 aliphatic heterocycles. The van der Waals surface area contributed by atoms with Crippen molar-refractivity contribution in [1.29, 1.82) is 0 Å². The molecule has 24 heavy (non-hydrogen) atoms. The maximum absolute atomic E-state index is 12.5. The van der Waals surface area contributed by atoms with E-state index >= 15 is 0 Å². The molecule has 1 N–H and O–H groups in total. The lowest BCUT2D eigenvalue weighted by atomic mass is 9.69. The van der Waals surface area contributed by atoms with Crippen molar-refractivity contribution in [2.75, 3.05) is 5.32 Å². The normalized spacial score (nSPS) is 16.7. The first-order valence-electron chi connectivity index (χ1n) is 8.55. The van der Waals surface area contributed by atoms with Crippen LogP contribution in [0.3, 0.4) is 0 Å². The second kappa shape index (κ2) is 7.04. The quantitative estimate of drug-likeness (QED) is 0.918. The van der Waals surface area contributed by atoms with E-state index in [4.69, 9.17) is 0 Å². The van der Waals surface area contributed by atoms with Gasteiger partial charge in [-0.1, -0.05) is 49.6 Å². The van der Waals surface area contributed by atoms with E-state index < -0.39 is 11.4 Å². The fraction of sp³-hybridized carbons (Fsp3) is 0.400. The molecule has 1 fully saturated rings. The van der Waals surface area contributed by atoms with Crippen molar-refractivity contribution >= 4 is 28.3 Å². The van der Waals surface area contributed by atoms with Gasteiger partial charge in [0, 0.05) is 18.1 Å². The van der Waals surface area contributed by atoms with Crippen LogP contribution in [0.2, 0.25) is 0 Å². The first-order chi connectivity index (χ1) is 11.6. The van der Waals surface area contributed by atoms with E-state index in [0.29, 0.717) is 0 Å². The molecule has 0 unspecified atom stereocenters. The number of rotatable bonds is 5. The number of amides is 1. The third-order valence-corrected chi connectivity index (χ3v) is 5.00. The number of nitrogens with one attached hydrogen (secondary N) is 1. The van der Waals surface area contributed by atoms with Crippen LogP contribution in [0.5, 0.6) is 0 Å². The van der Waals surface area contributed by atoms with Gasteiger partial charge in [-0.2, -0.15) is 0 Å². The van der Waals surface area contributed by atoms with Crippen molar-refractivity contribution in [2.24, 2.45) is 5.41 Å². The molecule has 4 heteroatoms. The van der Waals surface area contributed by atoms with Crippen LogP contribution in [0.1, 0.15) is 44.9 Å². The molecule has 0 heterocycles. The maximum atomic E-state index is 12.5. The highest BCUT2D eigenvalue weighted by Gasteiger charge is 2.34. The Labute approximate surface area is 141 Å². The van der Waals surface area contributed by atoms with Gasteiger partial charge in [-0.05, 0) is 47.6 Å². The Hall–Kier alpha value is -2.36. The minimum atomic E-state index is -1.06. The molecule has 1 saturated carbocycles. The molecule has 0 saturated heterocycles. The highest BCUT2D eigenvalue weighted by Crippen LogP contribution is 2.42. The van der Waals surface area contributed by atoms with Crippen molar-refractivity contribution in [3.8, 4) is 0 Å². The standard InChI is InChI=1S/C20H23NO3/c22-18(13-20(14-19(23)24)10-4-1-5-11-20)21-17-9-8-15-6-2-3-7-16(15)12-17/h2-3,6-9,12H,1,4-5,10-11,13-14H2,(H,21,22)(H,23,24)/p-1. The number of carbonyl (C=O) groups is 2. The van der Waals surface area contributed by atoms with E-state index in [2.05, 4.69) is 5.32 Å². The lowest BCUT2D eigenvalue weighted by molar-refractivity contribution is -0.308. The van der Waals surface area contributed by atoms with Gasteiger partial charge in [0.15, 0.2) is 0 Å². The number of fused-ring (bicyclic) bond motifs is 1. The summed E-state index contributed by atoms with van der Waals surface area (Å²) in [6.45, 7) is 0. The fourth-order valence-corrected chi connectivity index (χ4v) is 3.84. The first kappa shape index (κ1) is 16.5. The lowest BCUT2D eigenvalue weighted by Crippen LogP contribution is -2.36. The van der Waals surface area contributed by atoms with Crippen LogP contribution < -0.4 is 10.4 Å². The van der Waals surface area contributed by atoms with E-state index in [1.165, 1.54) is 0 Å². The highest BCUT2D eigenvalue weighted by atomic mass is 16.4. The summed E-state index contributed by atoms with van der Waals surface area (Å²) < 4.78 is 0. The van der Waals surface area contributed by atoms with E-state index in [-0.39, 0.29) is 18.7 Å². The second-order valence-electron chi connectivity index (χ2n) is 6.90. The zero-order valence-electron chi connectivity index (χ0n) is 13.7. The van der Waals surface area contributed by atoms with Gasteiger partial charge in [0.05, 0.1) is 0 Å². The number of carboxylic acid groups (broad SMARTS) is 1. The lowest BCUT2D eigenvalue weighted by Gasteiger charge is -2.37. The van der Waals surface area contributed by atoms with Gasteiger partial charge in [-0.25, -0.2) is 0 Å². The van der Waals surface area contributed by atoms with Gasteiger partial charge in [0.2, 0.25) is 5.91 Å². The topological polar surface area (TPSA) is 69.2 Å². The third-order valence-electron chi connectivity index (χ3n) is 5.00. The molecule has 0 aromatic heterocycles. The summed E-state index contributed by atoms with van der Waals surface area (Å²) in [6.07, 6.45) is 4.86. The Kier molecular flexibility index (Phi) is 4.84. The molecule has 2 aromatic carbocycles. The van der Waals surface area contributed by atoms with Gasteiger partial charge in [-0.15, -0.1) is 0 Å². The number of carbonyl (C=O) groups excluding carboxylic acids is 2. The van der Waals surface area contributed by atoms with Gasteiger partial charge < -0.3 is 15.2 Å². The predicted molar refractivity (Wildman–Crippen MR) is 92.3 cm³/mol. The Morgan fingerprint density at radius 3 is 2.38 bits per heavy atom. The molecule has 4 nitrogen and oxygen atoms in total. The van der Waals surface area contributed by atoms with Crippen LogP contribution in [0.25, 0.3) is 10.8 Å². The molecular weight excluding hydrogens is 302 g/mol. The highest BCUT2D eigenvalue weighted by molar-refractivity contribution is 5.94. The first-order valence-corrected chi connectivity index (χ1v) is 8.55. The molecule has 0 spiro atoms. The van der Waals surface area contributed by atoms with Crippen LogP contribution in [-0.4, -0.2) is 11.9 Å². The molecule has 2 aromatic rings. The van der Waals surface area contributed by atoms with E-state index in [9.17, 15) is 14.7 Å². The fourth-order valence-electron chi connectivity index (χ4n) is 3.84. The summed E-state index contributed by atoms with van der Waals surface area (Å²) in [4.78, 5) is 23.6. The molecule has 126 valence electrons. The molecule has 0 radical (unpaired) electrons. The Morgan fingerprint density at radius 1 is 0.958 bits per heavy atom. The van der Waals surface area contributed by atoms with Gasteiger partial charge in [0.25, 0.3) is 0 Å². The number of hydrogen-bond acceptors (Lipinski definition) is 3. The molecular formula is C20H22NO3-. The van der Waals surface area contributed by atoms with Gasteiger partial charge in [0.1, 0.15) is 0 Å². The minimum absolute atomic E-state index is 0.0296. The van der Waals surface area contributed by atoms with Crippen LogP contribution in [-0.2, 0) is 9.59 Å². The predicted octanol–water partition coefficient (Wildman–Crippen LogP) is 3.26. The Morgan fingerprint density at radius 2 is 1.67 bits per heavy atom. The zero-order chi connectivity index (χ0) is 17.0. The van der Waals surface area contributed by atoms with Crippen LogP contribution in [0.15, 0.2) is 42.5 Å². The van der Waals surface area contributed by atoms with Crippen molar-refractivity contribution in [2.45, 2.75) is 44.9 Å². The SMILES string of the molecule is O=C([O-])CC1(CC(=O)Nc2ccc3ccccc3c2)CCCCC1. The third kappa shape index (κ3) is 3.94. The van der Waals surface area contributed by atoms with Crippen LogP contribution >= 0.6 is 0 Å². The van der Waals surface area contributed by atoms with Crippen LogP contribution in [0.4, 0.5) is 5.69 Å². The van der Waals surface area contributed by atoms with Crippen molar-refractivity contribution in [3.05, 3.63) is 42.5 Å². The molecule has 0 atom stereocenters. The number of benzene rings is 2. The van der Waals surface area contributed by atoms with Crippen molar-refractivity contribution in [3.63, 3.8) is 0 Å². The van der Waals surface area contributed by atoms with E-state index in [1.807, 2.05) is 42.5 Å².